The average molecular weight is 236 g/mol. The van der Waals surface area contributed by atoms with Gasteiger partial charge >= 0.3 is 0 Å². The molecule has 16 heavy (non-hydrogen) atoms. The second-order valence-corrected chi connectivity index (χ2v) is 3.60. The molecule has 1 aromatic heterocycles. The van der Waals surface area contributed by atoms with E-state index >= 15 is 0 Å². The second kappa shape index (κ2) is 4.37. The van der Waals surface area contributed by atoms with Crippen molar-refractivity contribution in [2.45, 2.75) is 0 Å². The van der Waals surface area contributed by atoms with E-state index in [1.165, 1.54) is 0 Å². The van der Waals surface area contributed by atoms with Crippen molar-refractivity contribution in [3.8, 4) is 17.0 Å². The molecule has 0 bridgehead atoms. The lowest BCUT2D eigenvalue weighted by molar-refractivity contribution is 0.415. The second-order valence-electron chi connectivity index (χ2n) is 3.19. The number of halogens is 1. The number of nitrogens with zero attached hydrogens (tertiary/aromatic N) is 2. The molecular weight excluding hydrogens is 226 g/mol. The lowest BCUT2D eigenvalue weighted by Crippen LogP contribution is -1.95. The summed E-state index contributed by atoms with van der Waals surface area (Å²) in [6, 6.07) is 9.15. The predicted molar refractivity (Wildman–Crippen MR) is 63.4 cm³/mol. The Labute approximate surface area is 98.0 Å². The lowest BCUT2D eigenvalue weighted by atomic mass is 10.1. The summed E-state index contributed by atoms with van der Waals surface area (Å²) >= 11 is 5.87. The van der Waals surface area contributed by atoms with E-state index in [0.717, 1.165) is 11.3 Å². The van der Waals surface area contributed by atoms with Gasteiger partial charge in [0.2, 0.25) is 0 Å². The Bertz CT molecular complexity index is 499. The van der Waals surface area contributed by atoms with Gasteiger partial charge in [-0.05, 0) is 30.3 Å². The monoisotopic (exact) mass is 235 g/mol. The summed E-state index contributed by atoms with van der Waals surface area (Å²) in [4.78, 5) is 0. The van der Waals surface area contributed by atoms with E-state index < -0.39 is 0 Å². The molecule has 0 unspecified atom stereocenters. The van der Waals surface area contributed by atoms with Crippen LogP contribution in [0.15, 0.2) is 30.3 Å². The molecule has 0 fully saturated rings. The van der Waals surface area contributed by atoms with Crippen LogP contribution in [0, 0.1) is 0 Å². The third kappa shape index (κ3) is 2.06. The standard InChI is InChI=1S/C11H10ClN3O/c1-16-8-4-2-7(3-5-8)10-6-9(12)11(13)15-14-10/h2-6H,1H3,(H2,13,15). The van der Waals surface area contributed by atoms with E-state index in [2.05, 4.69) is 10.2 Å². The molecule has 0 amide bonds. The third-order valence-corrected chi connectivity index (χ3v) is 2.46. The first-order valence-corrected chi connectivity index (χ1v) is 5.01. The number of rotatable bonds is 2. The Balaban J connectivity index is 2.38. The molecule has 1 aromatic carbocycles. The van der Waals surface area contributed by atoms with Crippen molar-refractivity contribution in [2.24, 2.45) is 0 Å². The van der Waals surface area contributed by atoms with Gasteiger partial charge in [0.15, 0.2) is 5.82 Å². The van der Waals surface area contributed by atoms with Gasteiger partial charge in [0.25, 0.3) is 0 Å². The van der Waals surface area contributed by atoms with E-state index in [1.54, 1.807) is 13.2 Å². The zero-order valence-electron chi connectivity index (χ0n) is 8.64. The molecule has 2 N–H and O–H groups in total. The van der Waals surface area contributed by atoms with Crippen LogP contribution in [0.5, 0.6) is 5.75 Å². The molecule has 5 heteroatoms. The lowest BCUT2D eigenvalue weighted by Gasteiger charge is -2.03. The zero-order chi connectivity index (χ0) is 11.5. The van der Waals surface area contributed by atoms with Crippen LogP contribution in [0.25, 0.3) is 11.3 Å². The molecule has 4 nitrogen and oxygen atoms in total. The number of aromatic nitrogens is 2. The first-order chi connectivity index (χ1) is 7.70. The summed E-state index contributed by atoms with van der Waals surface area (Å²) in [7, 11) is 1.62. The number of hydrogen-bond acceptors (Lipinski definition) is 4. The number of methoxy groups -OCH3 is 1. The van der Waals surface area contributed by atoms with Crippen molar-refractivity contribution in [3.05, 3.63) is 35.4 Å². The quantitative estimate of drug-likeness (QED) is 0.868. The summed E-state index contributed by atoms with van der Waals surface area (Å²) in [5.74, 6) is 1.03. The van der Waals surface area contributed by atoms with Gasteiger partial charge in [0, 0.05) is 5.56 Å². The number of benzene rings is 1. The molecule has 0 aliphatic heterocycles. The molecule has 82 valence electrons. The summed E-state index contributed by atoms with van der Waals surface area (Å²) in [5.41, 5.74) is 7.08. The fourth-order valence-electron chi connectivity index (χ4n) is 1.28. The van der Waals surface area contributed by atoms with Crippen LogP contribution in [-0.4, -0.2) is 17.3 Å². The fourth-order valence-corrected chi connectivity index (χ4v) is 1.42. The van der Waals surface area contributed by atoms with E-state index in [-0.39, 0.29) is 5.82 Å². The Kier molecular flexibility index (Phi) is 2.92. The minimum absolute atomic E-state index is 0.235. The van der Waals surface area contributed by atoms with Crippen molar-refractivity contribution in [2.75, 3.05) is 12.8 Å². The van der Waals surface area contributed by atoms with E-state index in [4.69, 9.17) is 22.1 Å². The molecule has 1 heterocycles. The Morgan fingerprint density at radius 1 is 1.19 bits per heavy atom. The van der Waals surface area contributed by atoms with Crippen LogP contribution < -0.4 is 10.5 Å². The summed E-state index contributed by atoms with van der Waals surface area (Å²) in [5, 5.41) is 8.13. The smallest absolute Gasteiger partial charge is 0.164 e. The highest BCUT2D eigenvalue weighted by Gasteiger charge is 2.04. The maximum Gasteiger partial charge on any atom is 0.164 e. The molecular formula is C11H10ClN3O. The number of nitrogens with two attached hydrogens (primary N) is 1. The Morgan fingerprint density at radius 3 is 2.44 bits per heavy atom. The highest BCUT2D eigenvalue weighted by atomic mass is 35.5. The van der Waals surface area contributed by atoms with Crippen LogP contribution in [-0.2, 0) is 0 Å². The van der Waals surface area contributed by atoms with Crippen LogP contribution in [0.4, 0.5) is 5.82 Å². The third-order valence-electron chi connectivity index (χ3n) is 2.16. The number of hydrogen-bond donors (Lipinski definition) is 1. The molecule has 0 radical (unpaired) electrons. The molecule has 0 spiro atoms. The Morgan fingerprint density at radius 2 is 1.88 bits per heavy atom. The van der Waals surface area contributed by atoms with Crippen LogP contribution in [0.1, 0.15) is 0 Å². The minimum Gasteiger partial charge on any atom is -0.497 e. The van der Waals surface area contributed by atoms with Crippen LogP contribution >= 0.6 is 11.6 Å². The normalized spacial score (nSPS) is 10.1. The molecule has 0 saturated heterocycles. The van der Waals surface area contributed by atoms with Crippen molar-refractivity contribution < 1.29 is 4.74 Å². The summed E-state index contributed by atoms with van der Waals surface area (Å²) < 4.78 is 5.07. The van der Waals surface area contributed by atoms with Gasteiger partial charge in [-0.1, -0.05) is 11.6 Å². The SMILES string of the molecule is COc1ccc(-c2cc(Cl)c(N)nn2)cc1. The minimum atomic E-state index is 0.235. The van der Waals surface area contributed by atoms with Gasteiger partial charge in [0.1, 0.15) is 5.75 Å². The van der Waals surface area contributed by atoms with Gasteiger partial charge in [-0.15, -0.1) is 10.2 Å². The van der Waals surface area contributed by atoms with Crippen molar-refractivity contribution >= 4 is 17.4 Å². The molecule has 2 aromatic rings. The predicted octanol–water partition coefficient (Wildman–Crippen LogP) is 2.39. The summed E-state index contributed by atoms with van der Waals surface area (Å²) in [6.07, 6.45) is 0. The number of ether oxygens (including phenoxy) is 1. The first kappa shape index (κ1) is 10.7. The topological polar surface area (TPSA) is 61.0 Å². The van der Waals surface area contributed by atoms with Crippen molar-refractivity contribution in [1.29, 1.82) is 0 Å². The molecule has 0 aliphatic rings. The fraction of sp³-hybridized carbons (Fsp3) is 0.0909. The highest BCUT2D eigenvalue weighted by Crippen LogP contribution is 2.24. The van der Waals surface area contributed by atoms with Crippen LogP contribution in [0.2, 0.25) is 5.02 Å². The van der Waals surface area contributed by atoms with Gasteiger partial charge in [0.05, 0.1) is 17.8 Å². The maximum atomic E-state index is 5.87. The molecule has 2 rings (SSSR count). The van der Waals surface area contributed by atoms with Gasteiger partial charge in [-0.25, -0.2) is 0 Å². The zero-order valence-corrected chi connectivity index (χ0v) is 9.40. The van der Waals surface area contributed by atoms with E-state index in [1.807, 2.05) is 24.3 Å². The largest absolute Gasteiger partial charge is 0.497 e. The Hall–Kier alpha value is -1.81. The summed E-state index contributed by atoms with van der Waals surface area (Å²) in [6.45, 7) is 0. The average Bonchev–Trinajstić information content (AvgIpc) is 2.33. The number of anilines is 1. The maximum absolute atomic E-state index is 5.87. The number of nitrogen functional groups attached to an aromatic ring is 1. The molecule has 0 aliphatic carbocycles. The van der Waals surface area contributed by atoms with E-state index in [9.17, 15) is 0 Å². The van der Waals surface area contributed by atoms with E-state index in [0.29, 0.717) is 10.7 Å². The van der Waals surface area contributed by atoms with Gasteiger partial charge in [-0.3, -0.25) is 0 Å². The van der Waals surface area contributed by atoms with Gasteiger partial charge < -0.3 is 10.5 Å². The molecule has 0 atom stereocenters. The van der Waals surface area contributed by atoms with Crippen molar-refractivity contribution in [3.63, 3.8) is 0 Å². The first-order valence-electron chi connectivity index (χ1n) is 4.64. The van der Waals surface area contributed by atoms with Crippen LogP contribution in [0.3, 0.4) is 0 Å². The molecule has 0 saturated carbocycles. The van der Waals surface area contributed by atoms with Crippen molar-refractivity contribution in [1.82, 2.24) is 10.2 Å². The van der Waals surface area contributed by atoms with Gasteiger partial charge in [-0.2, -0.15) is 0 Å². The highest BCUT2D eigenvalue weighted by molar-refractivity contribution is 6.32.